The molecular weight excluding hydrogens is 254 g/mol. The molecule has 2 N–H and O–H groups in total. The number of ether oxygens (including phenoxy) is 1. The molecule has 0 fully saturated rings. The number of nitrogens with two attached hydrogens (primary N) is 1. The van der Waals surface area contributed by atoms with Crippen LogP contribution in [0.15, 0.2) is 28.8 Å². The third-order valence-corrected chi connectivity index (χ3v) is 2.95. The Morgan fingerprint density at radius 1 is 1.25 bits per heavy atom. The largest absolute Gasteiger partial charge is 0.399 e. The topological polar surface area (TPSA) is 74.2 Å². The number of aromatic nitrogens is 2. The van der Waals surface area contributed by atoms with E-state index in [-0.39, 0.29) is 11.5 Å². The van der Waals surface area contributed by atoms with E-state index in [9.17, 15) is 0 Å². The van der Waals surface area contributed by atoms with E-state index in [0.717, 1.165) is 5.56 Å². The molecule has 0 saturated heterocycles. The lowest BCUT2D eigenvalue weighted by Crippen LogP contribution is -2.22. The molecule has 1 aromatic heterocycles. The van der Waals surface area contributed by atoms with Crippen molar-refractivity contribution in [3.05, 3.63) is 30.1 Å². The number of anilines is 1. The Morgan fingerprint density at radius 3 is 2.45 bits per heavy atom. The number of nitrogen functional groups attached to an aromatic ring is 1. The van der Waals surface area contributed by atoms with E-state index in [0.29, 0.717) is 24.0 Å². The fourth-order valence-corrected chi connectivity index (χ4v) is 1.96. The van der Waals surface area contributed by atoms with Crippen LogP contribution < -0.4 is 5.73 Å². The molecule has 0 radical (unpaired) electrons. The van der Waals surface area contributed by atoms with Crippen LogP contribution in [0.25, 0.3) is 11.5 Å². The van der Waals surface area contributed by atoms with Crippen molar-refractivity contribution in [3.8, 4) is 11.5 Å². The fraction of sp³-hybridized carbons (Fsp3) is 0.467. The number of hydrogen-bond acceptors (Lipinski definition) is 5. The van der Waals surface area contributed by atoms with Gasteiger partial charge in [-0.25, -0.2) is 0 Å². The summed E-state index contributed by atoms with van der Waals surface area (Å²) < 4.78 is 11.1. The summed E-state index contributed by atoms with van der Waals surface area (Å²) in [6, 6.07) is 7.34. The highest BCUT2D eigenvalue weighted by Gasteiger charge is 2.31. The van der Waals surface area contributed by atoms with Crippen molar-refractivity contribution in [2.24, 2.45) is 5.41 Å². The Balaban J connectivity index is 2.29. The van der Waals surface area contributed by atoms with E-state index in [1.807, 2.05) is 31.2 Å². The van der Waals surface area contributed by atoms with Gasteiger partial charge < -0.3 is 15.0 Å². The van der Waals surface area contributed by atoms with Crippen molar-refractivity contribution in [2.45, 2.75) is 33.8 Å². The first-order valence-corrected chi connectivity index (χ1v) is 6.73. The molecule has 1 aromatic carbocycles. The lowest BCUT2D eigenvalue weighted by molar-refractivity contribution is -0.0203. The second-order valence-electron chi connectivity index (χ2n) is 5.78. The van der Waals surface area contributed by atoms with Crippen LogP contribution in [0.3, 0.4) is 0 Å². The third kappa shape index (κ3) is 3.17. The minimum Gasteiger partial charge on any atom is -0.399 e. The highest BCUT2D eigenvalue weighted by molar-refractivity contribution is 5.56. The molecule has 0 aliphatic rings. The predicted octanol–water partition coefficient (Wildman–Crippen LogP) is 3.44. The maximum Gasteiger partial charge on any atom is 0.258 e. The van der Waals surface area contributed by atoms with Gasteiger partial charge in [0.1, 0.15) is 6.10 Å². The minimum absolute atomic E-state index is 0.0989. The highest BCUT2D eigenvalue weighted by atomic mass is 16.5. The molecule has 108 valence electrons. The maximum absolute atomic E-state index is 5.76. The summed E-state index contributed by atoms with van der Waals surface area (Å²) in [7, 11) is 0. The Kier molecular flexibility index (Phi) is 4.09. The summed E-state index contributed by atoms with van der Waals surface area (Å²) in [6.45, 7) is 8.83. The molecule has 0 saturated carbocycles. The van der Waals surface area contributed by atoms with Gasteiger partial charge in [-0.2, -0.15) is 4.98 Å². The minimum atomic E-state index is -0.196. The molecule has 5 heteroatoms. The summed E-state index contributed by atoms with van der Waals surface area (Å²) in [5.74, 6) is 1.06. The summed E-state index contributed by atoms with van der Waals surface area (Å²) in [6.07, 6.45) is -0.196. The van der Waals surface area contributed by atoms with Crippen molar-refractivity contribution in [3.63, 3.8) is 0 Å². The van der Waals surface area contributed by atoms with Gasteiger partial charge in [0.25, 0.3) is 5.89 Å². The zero-order chi connectivity index (χ0) is 14.8. The first kappa shape index (κ1) is 14.5. The average molecular weight is 275 g/mol. The van der Waals surface area contributed by atoms with Crippen molar-refractivity contribution in [1.82, 2.24) is 10.1 Å². The first-order chi connectivity index (χ1) is 9.41. The van der Waals surface area contributed by atoms with Gasteiger partial charge in [-0.05, 0) is 36.6 Å². The Morgan fingerprint density at radius 2 is 1.90 bits per heavy atom. The van der Waals surface area contributed by atoms with Crippen molar-refractivity contribution >= 4 is 5.69 Å². The molecule has 0 aliphatic carbocycles. The number of benzene rings is 1. The van der Waals surface area contributed by atoms with Crippen LogP contribution in [0.4, 0.5) is 5.69 Å². The van der Waals surface area contributed by atoms with Gasteiger partial charge in [0.2, 0.25) is 5.82 Å². The second kappa shape index (κ2) is 5.63. The zero-order valence-corrected chi connectivity index (χ0v) is 12.4. The Hall–Kier alpha value is -1.88. The van der Waals surface area contributed by atoms with Crippen LogP contribution >= 0.6 is 0 Å². The summed E-state index contributed by atoms with van der Waals surface area (Å²) in [5.41, 5.74) is 7.12. The molecule has 0 amide bonds. The predicted molar refractivity (Wildman–Crippen MR) is 78.0 cm³/mol. The van der Waals surface area contributed by atoms with Crippen LogP contribution in [0.2, 0.25) is 0 Å². The first-order valence-electron chi connectivity index (χ1n) is 6.73. The maximum atomic E-state index is 5.76. The number of hydrogen-bond donors (Lipinski definition) is 1. The molecule has 20 heavy (non-hydrogen) atoms. The molecule has 1 atom stereocenters. The Bertz CT molecular complexity index is 555. The molecule has 2 aromatic rings. The van der Waals surface area contributed by atoms with Crippen LogP contribution in [0, 0.1) is 5.41 Å². The Labute approximate surface area is 119 Å². The SMILES string of the molecule is CCOC(c1noc(-c2ccc(N)cc2)n1)C(C)(C)C. The number of nitrogens with zero attached hydrogens (tertiary/aromatic N) is 2. The van der Waals surface area contributed by atoms with Gasteiger partial charge in [0.05, 0.1) is 0 Å². The molecule has 2 rings (SSSR count). The van der Waals surface area contributed by atoms with Gasteiger partial charge in [-0.15, -0.1) is 0 Å². The van der Waals surface area contributed by atoms with Gasteiger partial charge in [-0.3, -0.25) is 0 Å². The monoisotopic (exact) mass is 275 g/mol. The van der Waals surface area contributed by atoms with E-state index in [4.69, 9.17) is 15.0 Å². The second-order valence-corrected chi connectivity index (χ2v) is 5.78. The molecule has 0 spiro atoms. The molecule has 5 nitrogen and oxygen atoms in total. The lowest BCUT2D eigenvalue weighted by Gasteiger charge is -2.27. The molecule has 0 aliphatic heterocycles. The quantitative estimate of drug-likeness (QED) is 0.865. The lowest BCUT2D eigenvalue weighted by atomic mass is 9.88. The van der Waals surface area contributed by atoms with E-state index in [1.165, 1.54) is 0 Å². The number of rotatable bonds is 4. The standard InChI is InChI=1S/C15H21N3O2/c1-5-19-12(15(2,3)4)13-17-14(20-18-13)10-6-8-11(16)9-7-10/h6-9,12H,5,16H2,1-4H3. The van der Waals surface area contributed by atoms with Crippen LogP contribution in [0.1, 0.15) is 39.6 Å². The third-order valence-electron chi connectivity index (χ3n) is 2.95. The summed E-state index contributed by atoms with van der Waals surface area (Å²) >= 11 is 0. The summed E-state index contributed by atoms with van der Waals surface area (Å²) in [5, 5.41) is 4.06. The smallest absolute Gasteiger partial charge is 0.258 e. The van der Waals surface area contributed by atoms with Crippen molar-refractivity contribution < 1.29 is 9.26 Å². The molecule has 1 unspecified atom stereocenters. The molecule has 1 heterocycles. The van der Waals surface area contributed by atoms with Crippen LogP contribution in [-0.2, 0) is 4.74 Å². The van der Waals surface area contributed by atoms with Crippen molar-refractivity contribution in [1.29, 1.82) is 0 Å². The van der Waals surface area contributed by atoms with E-state index >= 15 is 0 Å². The summed E-state index contributed by atoms with van der Waals surface area (Å²) in [4.78, 5) is 4.45. The van der Waals surface area contributed by atoms with Gasteiger partial charge >= 0.3 is 0 Å². The van der Waals surface area contributed by atoms with Crippen molar-refractivity contribution in [2.75, 3.05) is 12.3 Å². The molecular formula is C15H21N3O2. The normalized spacial score (nSPS) is 13.4. The van der Waals surface area contributed by atoms with Gasteiger partial charge in [-0.1, -0.05) is 25.9 Å². The fourth-order valence-electron chi connectivity index (χ4n) is 1.96. The average Bonchev–Trinajstić information content (AvgIpc) is 2.84. The van der Waals surface area contributed by atoms with Gasteiger partial charge in [0, 0.05) is 17.9 Å². The molecule has 0 bridgehead atoms. The van der Waals surface area contributed by atoms with E-state index in [1.54, 1.807) is 0 Å². The van der Waals surface area contributed by atoms with Gasteiger partial charge in [0.15, 0.2) is 0 Å². The van der Waals surface area contributed by atoms with Crippen LogP contribution in [-0.4, -0.2) is 16.7 Å². The van der Waals surface area contributed by atoms with E-state index in [2.05, 4.69) is 30.9 Å². The highest BCUT2D eigenvalue weighted by Crippen LogP contribution is 2.35. The van der Waals surface area contributed by atoms with Crippen LogP contribution in [0.5, 0.6) is 0 Å². The van der Waals surface area contributed by atoms with E-state index < -0.39 is 0 Å². The zero-order valence-electron chi connectivity index (χ0n) is 12.4.